The van der Waals surface area contributed by atoms with Crippen LogP contribution in [0.5, 0.6) is 0 Å². The molecule has 0 saturated heterocycles. The molecule has 1 N–H and O–H groups in total. The van der Waals surface area contributed by atoms with Crippen LogP contribution in [-0.4, -0.2) is 16.5 Å². The van der Waals surface area contributed by atoms with Crippen LogP contribution in [0.25, 0.3) is 17.0 Å². The predicted molar refractivity (Wildman–Crippen MR) is 51.2 cm³/mol. The van der Waals surface area contributed by atoms with E-state index in [0.29, 0.717) is 16.5 Å². The molecule has 0 aliphatic carbocycles. The van der Waals surface area contributed by atoms with E-state index in [-0.39, 0.29) is 6.29 Å². The Morgan fingerprint density at radius 3 is 3.00 bits per heavy atom. The Hall–Kier alpha value is -2.04. The van der Waals surface area contributed by atoms with Crippen molar-refractivity contribution in [3.8, 4) is 0 Å². The molecule has 0 fully saturated rings. The second kappa shape index (κ2) is 3.61. The number of rotatable bonds is 2. The number of aldehydes is 1. The first-order chi connectivity index (χ1) is 7.20. The molecular weight excluding hydrogens is 202 g/mol. The predicted octanol–water partition coefficient (Wildman–Crippen LogP) is 2.21. The minimum Gasteiger partial charge on any atom is -0.295 e. The van der Waals surface area contributed by atoms with Gasteiger partial charge >= 0.3 is 0 Å². The number of H-pyrrole nitrogens is 1. The van der Waals surface area contributed by atoms with E-state index in [1.165, 1.54) is 18.2 Å². The molecule has 1 heterocycles. The molecule has 0 saturated carbocycles. The van der Waals surface area contributed by atoms with Crippen molar-refractivity contribution in [2.24, 2.45) is 0 Å². The first-order valence-electron chi connectivity index (χ1n) is 4.16. The van der Waals surface area contributed by atoms with E-state index in [1.54, 1.807) is 0 Å². The topological polar surface area (TPSA) is 45.8 Å². The number of benzene rings is 1. The van der Waals surface area contributed by atoms with Crippen LogP contribution in [0.1, 0.15) is 5.56 Å². The smallest absolute Gasteiger partial charge is 0.216 e. The molecule has 15 heavy (non-hydrogen) atoms. The average molecular weight is 208 g/mol. The maximum atomic E-state index is 12.9. The summed E-state index contributed by atoms with van der Waals surface area (Å²) in [6.07, 6.45) is 1.16. The van der Waals surface area contributed by atoms with Crippen LogP contribution in [0.15, 0.2) is 24.0 Å². The molecule has 2 rings (SSSR count). The van der Waals surface area contributed by atoms with Gasteiger partial charge in [0.15, 0.2) is 12.1 Å². The Bertz CT molecular complexity index is 545. The minimum absolute atomic E-state index is 0.106. The van der Waals surface area contributed by atoms with Crippen molar-refractivity contribution in [3.63, 3.8) is 0 Å². The zero-order valence-corrected chi connectivity index (χ0v) is 7.50. The van der Waals surface area contributed by atoms with Crippen molar-refractivity contribution in [3.05, 3.63) is 35.5 Å². The summed E-state index contributed by atoms with van der Waals surface area (Å²) in [6.45, 7) is 0. The summed E-state index contributed by atoms with van der Waals surface area (Å²) in [6, 6.07) is 4.46. The zero-order valence-electron chi connectivity index (χ0n) is 7.50. The number of hydrogen-bond acceptors (Lipinski definition) is 2. The van der Waals surface area contributed by atoms with Crippen molar-refractivity contribution in [2.75, 3.05) is 0 Å². The maximum absolute atomic E-state index is 12.9. The average Bonchev–Trinajstić information content (AvgIpc) is 2.60. The fourth-order valence-corrected chi connectivity index (χ4v) is 1.28. The van der Waals surface area contributed by atoms with Gasteiger partial charge in [-0.25, -0.2) is 4.39 Å². The first-order valence-corrected chi connectivity index (χ1v) is 4.16. The molecular formula is C10H6F2N2O. The molecule has 0 unspecified atom stereocenters. The lowest BCUT2D eigenvalue weighted by Gasteiger charge is -1.92. The highest BCUT2D eigenvalue weighted by Gasteiger charge is 2.04. The lowest BCUT2D eigenvalue weighted by Crippen LogP contribution is -1.77. The Kier molecular flexibility index (Phi) is 2.29. The molecule has 0 aliphatic heterocycles. The fourth-order valence-electron chi connectivity index (χ4n) is 1.28. The summed E-state index contributed by atoms with van der Waals surface area (Å²) in [5.74, 6) is -1.42. The molecule has 1 aromatic heterocycles. The van der Waals surface area contributed by atoms with Gasteiger partial charge in [0.05, 0.1) is 10.9 Å². The van der Waals surface area contributed by atoms with Crippen molar-refractivity contribution < 1.29 is 13.6 Å². The maximum Gasteiger partial charge on any atom is 0.216 e. The van der Waals surface area contributed by atoms with E-state index in [9.17, 15) is 13.6 Å². The summed E-state index contributed by atoms with van der Waals surface area (Å²) < 4.78 is 25.6. The van der Waals surface area contributed by atoms with Crippen LogP contribution in [0.2, 0.25) is 0 Å². The van der Waals surface area contributed by atoms with Gasteiger partial charge in [-0.05, 0) is 23.8 Å². The third-order valence-corrected chi connectivity index (χ3v) is 1.95. The molecule has 0 aliphatic rings. The second-order valence-electron chi connectivity index (χ2n) is 2.96. The molecule has 0 atom stereocenters. The molecule has 76 valence electrons. The number of carbonyl (C=O) groups is 1. The van der Waals surface area contributed by atoms with Gasteiger partial charge in [0, 0.05) is 0 Å². The fraction of sp³-hybridized carbons (Fsp3) is 0. The summed E-state index contributed by atoms with van der Waals surface area (Å²) >= 11 is 0. The van der Waals surface area contributed by atoms with E-state index < -0.39 is 11.8 Å². The van der Waals surface area contributed by atoms with Crippen molar-refractivity contribution in [1.29, 1.82) is 0 Å². The Balaban J connectivity index is 2.52. The third-order valence-electron chi connectivity index (χ3n) is 1.95. The Morgan fingerprint density at radius 2 is 2.27 bits per heavy atom. The highest BCUT2D eigenvalue weighted by Crippen LogP contribution is 2.17. The van der Waals surface area contributed by atoms with Gasteiger partial charge in [0.1, 0.15) is 0 Å². The van der Waals surface area contributed by atoms with Crippen molar-refractivity contribution >= 4 is 23.3 Å². The molecule has 2 aromatic rings. The van der Waals surface area contributed by atoms with Crippen molar-refractivity contribution in [1.82, 2.24) is 10.2 Å². The normalized spacial score (nSPS) is 12.0. The van der Waals surface area contributed by atoms with Crippen LogP contribution in [0.3, 0.4) is 0 Å². The van der Waals surface area contributed by atoms with Gasteiger partial charge in [-0.1, -0.05) is 6.07 Å². The van der Waals surface area contributed by atoms with Crippen LogP contribution < -0.4 is 0 Å². The number of nitrogens with zero attached hydrogens (tertiary/aromatic N) is 1. The standard InChI is InChI=1S/C10H6F2N2O/c11-7(5-15)3-6-1-2-8-9(4-6)13-14-10(8)12/h1-5H,(H,13,14)/b7-3-. The highest BCUT2D eigenvalue weighted by atomic mass is 19.1. The van der Waals surface area contributed by atoms with E-state index in [1.807, 2.05) is 0 Å². The van der Waals surface area contributed by atoms with Gasteiger partial charge in [0.2, 0.25) is 5.95 Å². The third kappa shape index (κ3) is 1.76. The first kappa shape index (κ1) is 9.51. The molecule has 0 spiro atoms. The van der Waals surface area contributed by atoms with Gasteiger partial charge in [-0.3, -0.25) is 9.89 Å². The van der Waals surface area contributed by atoms with Gasteiger partial charge < -0.3 is 0 Å². The Morgan fingerprint density at radius 1 is 1.47 bits per heavy atom. The lowest BCUT2D eigenvalue weighted by atomic mass is 10.1. The van der Waals surface area contributed by atoms with Crippen LogP contribution in [0, 0.1) is 5.95 Å². The van der Waals surface area contributed by atoms with E-state index in [4.69, 9.17) is 0 Å². The van der Waals surface area contributed by atoms with Gasteiger partial charge in [-0.15, -0.1) is 0 Å². The van der Waals surface area contributed by atoms with Crippen LogP contribution >= 0.6 is 0 Å². The summed E-state index contributed by atoms with van der Waals surface area (Å²) in [5.41, 5.74) is 0.846. The number of carbonyl (C=O) groups excluding carboxylic acids is 1. The largest absolute Gasteiger partial charge is 0.295 e. The molecule has 0 bridgehead atoms. The minimum atomic E-state index is -0.884. The molecule has 3 nitrogen and oxygen atoms in total. The Labute approximate surface area is 83.4 Å². The number of aromatic amines is 1. The van der Waals surface area contributed by atoms with Crippen molar-refractivity contribution in [2.45, 2.75) is 0 Å². The second-order valence-corrected chi connectivity index (χ2v) is 2.96. The summed E-state index contributed by atoms with van der Waals surface area (Å²) in [7, 11) is 0. The quantitative estimate of drug-likeness (QED) is 0.607. The summed E-state index contributed by atoms with van der Waals surface area (Å²) in [4.78, 5) is 10.1. The van der Waals surface area contributed by atoms with Gasteiger partial charge in [-0.2, -0.15) is 9.49 Å². The molecule has 5 heteroatoms. The highest BCUT2D eigenvalue weighted by molar-refractivity contribution is 5.84. The van der Waals surface area contributed by atoms with Crippen LogP contribution in [-0.2, 0) is 4.79 Å². The lowest BCUT2D eigenvalue weighted by molar-refractivity contribution is -0.106. The number of hydrogen-bond donors (Lipinski definition) is 1. The number of allylic oxidation sites excluding steroid dienone is 1. The molecule has 0 amide bonds. The molecule has 0 radical (unpaired) electrons. The SMILES string of the molecule is O=C/C(F)=C/c1ccc2c(F)[nH]nc2c1. The van der Waals surface area contributed by atoms with Crippen LogP contribution in [0.4, 0.5) is 8.78 Å². The van der Waals surface area contributed by atoms with E-state index >= 15 is 0 Å². The van der Waals surface area contributed by atoms with E-state index in [0.717, 1.165) is 6.08 Å². The molecule has 1 aromatic carbocycles. The number of halogens is 2. The zero-order chi connectivity index (χ0) is 10.8. The number of fused-ring (bicyclic) bond motifs is 1. The number of nitrogens with one attached hydrogen (secondary N) is 1. The van der Waals surface area contributed by atoms with Gasteiger partial charge in [0.25, 0.3) is 0 Å². The van der Waals surface area contributed by atoms with E-state index in [2.05, 4.69) is 10.2 Å². The monoisotopic (exact) mass is 208 g/mol. The summed E-state index contributed by atoms with van der Waals surface area (Å²) in [5, 5.41) is 6.17. The number of aromatic nitrogens is 2.